The Morgan fingerprint density at radius 1 is 1.09 bits per heavy atom. The lowest BCUT2D eigenvalue weighted by atomic mass is 9.99. The van der Waals surface area contributed by atoms with Gasteiger partial charge < -0.3 is 15.8 Å². The van der Waals surface area contributed by atoms with Crippen molar-refractivity contribution in [3.05, 3.63) is 61.8 Å². The first-order chi connectivity index (χ1) is 15.2. The molecule has 10 heteroatoms. The van der Waals surface area contributed by atoms with Gasteiger partial charge >= 0.3 is 11.7 Å². The molecule has 0 bridgehead atoms. The molecule has 0 spiro atoms. The number of esters is 1. The number of nitrogens with two attached hydrogens (primary N) is 1. The summed E-state index contributed by atoms with van der Waals surface area (Å²) in [5, 5.41) is 2.92. The zero-order valence-electron chi connectivity index (χ0n) is 18.4. The van der Waals surface area contributed by atoms with E-state index < -0.39 is 23.1 Å². The molecule has 0 aliphatic rings. The van der Waals surface area contributed by atoms with Gasteiger partial charge in [0.1, 0.15) is 5.82 Å². The summed E-state index contributed by atoms with van der Waals surface area (Å²) in [6.07, 6.45) is 1.03. The summed E-state index contributed by atoms with van der Waals surface area (Å²) in [4.78, 5) is 54.3. The highest BCUT2D eigenvalue weighted by Gasteiger charge is 2.24. The maximum Gasteiger partial charge on any atom is 0.338 e. The number of aryl methyl sites for hydroxylation is 2. The van der Waals surface area contributed by atoms with Gasteiger partial charge in [0.15, 0.2) is 5.65 Å². The average Bonchev–Trinajstić information content (AvgIpc) is 2.76. The van der Waals surface area contributed by atoms with Gasteiger partial charge in [-0.15, -0.1) is 0 Å². The van der Waals surface area contributed by atoms with Gasteiger partial charge in [-0.2, -0.15) is 0 Å². The molecule has 3 N–H and O–H groups in total. The first kappa shape index (κ1) is 22.7. The third-order valence-corrected chi connectivity index (χ3v) is 5.10. The number of ether oxygens (including phenoxy) is 1. The fourth-order valence-electron chi connectivity index (χ4n) is 3.53. The van der Waals surface area contributed by atoms with E-state index in [0.29, 0.717) is 29.7 Å². The molecule has 0 aliphatic carbocycles. The number of amides is 1. The maximum atomic E-state index is 13.1. The van der Waals surface area contributed by atoms with E-state index in [1.807, 2.05) is 6.92 Å². The Morgan fingerprint density at radius 2 is 1.75 bits per heavy atom. The van der Waals surface area contributed by atoms with E-state index in [2.05, 4.69) is 10.3 Å². The fraction of sp³-hybridized carbons (Fsp3) is 0.318. The summed E-state index contributed by atoms with van der Waals surface area (Å²) in [6, 6.07) is 6.20. The Kier molecular flexibility index (Phi) is 6.42. The fourth-order valence-corrected chi connectivity index (χ4v) is 3.53. The molecular formula is C22H25N5O5. The molecule has 1 amide bonds. The van der Waals surface area contributed by atoms with Gasteiger partial charge in [-0.25, -0.2) is 14.6 Å². The number of benzene rings is 1. The molecule has 0 unspecified atom stereocenters. The second kappa shape index (κ2) is 9.04. The molecule has 0 saturated heterocycles. The number of carbonyl (C=O) groups is 2. The van der Waals surface area contributed by atoms with Crippen LogP contribution in [0.25, 0.3) is 11.0 Å². The van der Waals surface area contributed by atoms with Crippen molar-refractivity contribution in [3.8, 4) is 0 Å². The minimum absolute atomic E-state index is 0.0788. The molecule has 168 valence electrons. The number of pyridine rings is 1. The second-order valence-electron chi connectivity index (χ2n) is 7.26. The van der Waals surface area contributed by atoms with Gasteiger partial charge in [0.25, 0.3) is 11.5 Å². The zero-order chi connectivity index (χ0) is 23.6. The van der Waals surface area contributed by atoms with Crippen molar-refractivity contribution < 1.29 is 14.3 Å². The van der Waals surface area contributed by atoms with Crippen LogP contribution in [-0.2, 0) is 25.3 Å². The molecule has 1 aromatic carbocycles. The number of rotatable bonds is 6. The summed E-state index contributed by atoms with van der Waals surface area (Å²) >= 11 is 0. The van der Waals surface area contributed by atoms with Crippen molar-refractivity contribution >= 4 is 34.4 Å². The molecule has 32 heavy (non-hydrogen) atoms. The van der Waals surface area contributed by atoms with Crippen molar-refractivity contribution in [2.24, 2.45) is 14.1 Å². The van der Waals surface area contributed by atoms with Crippen molar-refractivity contribution in [2.45, 2.75) is 26.7 Å². The molecule has 0 aliphatic heterocycles. The summed E-state index contributed by atoms with van der Waals surface area (Å²) in [5.41, 5.74) is 6.49. The number of nitrogen functional groups attached to an aromatic ring is 1. The van der Waals surface area contributed by atoms with E-state index >= 15 is 0 Å². The van der Waals surface area contributed by atoms with Crippen molar-refractivity contribution in [1.29, 1.82) is 0 Å². The summed E-state index contributed by atoms with van der Waals surface area (Å²) in [6.45, 7) is 3.88. The van der Waals surface area contributed by atoms with E-state index in [1.165, 1.54) is 30.8 Å². The Hall–Kier alpha value is -3.95. The Labute approximate surface area is 183 Å². The molecule has 0 fully saturated rings. The van der Waals surface area contributed by atoms with Crippen LogP contribution >= 0.6 is 0 Å². The van der Waals surface area contributed by atoms with Crippen LogP contribution in [0.15, 0.2) is 33.9 Å². The highest BCUT2D eigenvalue weighted by Crippen LogP contribution is 2.25. The van der Waals surface area contributed by atoms with E-state index in [-0.39, 0.29) is 29.0 Å². The largest absolute Gasteiger partial charge is 0.462 e. The number of fused-ring (bicyclic) bond motifs is 1. The number of carbonyl (C=O) groups excluding carboxylic acids is 2. The molecule has 2 heterocycles. The van der Waals surface area contributed by atoms with Gasteiger partial charge in [0, 0.05) is 19.8 Å². The van der Waals surface area contributed by atoms with Crippen molar-refractivity contribution in [3.63, 3.8) is 0 Å². The van der Waals surface area contributed by atoms with Gasteiger partial charge in [-0.3, -0.25) is 18.7 Å². The minimum Gasteiger partial charge on any atom is -0.462 e. The van der Waals surface area contributed by atoms with Crippen LogP contribution in [0.4, 0.5) is 11.5 Å². The van der Waals surface area contributed by atoms with Gasteiger partial charge in [-0.1, -0.05) is 13.3 Å². The zero-order valence-corrected chi connectivity index (χ0v) is 18.4. The first-order valence-electron chi connectivity index (χ1n) is 10.2. The number of nitrogens with one attached hydrogen (secondary N) is 1. The van der Waals surface area contributed by atoms with Gasteiger partial charge in [0.05, 0.1) is 23.1 Å². The molecule has 0 saturated carbocycles. The SMILES string of the molecule is CCCc1c(C(=O)Nc2ccc(C(=O)OCC)cc2)c(N)nc2c1c(=O)n(C)c(=O)n2C. The Morgan fingerprint density at radius 3 is 2.34 bits per heavy atom. The number of hydrogen-bond acceptors (Lipinski definition) is 7. The smallest absolute Gasteiger partial charge is 0.338 e. The highest BCUT2D eigenvalue weighted by atomic mass is 16.5. The standard InChI is InChI=1S/C22H25N5O5/c1-5-7-14-15(17(23)25-18-16(14)20(29)27(4)22(31)26(18)3)19(28)24-13-10-8-12(9-11-13)21(30)32-6-2/h8-11H,5-7H2,1-4H3,(H2,23,25)(H,24,28). The number of aromatic nitrogens is 3. The quantitative estimate of drug-likeness (QED) is 0.556. The predicted molar refractivity (Wildman–Crippen MR) is 121 cm³/mol. The van der Waals surface area contributed by atoms with Crippen LogP contribution in [0, 0.1) is 0 Å². The van der Waals surface area contributed by atoms with Gasteiger partial charge in [0.2, 0.25) is 0 Å². The van der Waals surface area contributed by atoms with Gasteiger partial charge in [-0.05, 0) is 43.2 Å². The normalized spacial score (nSPS) is 10.9. The predicted octanol–water partition coefficient (Wildman–Crippen LogP) is 1.60. The molecule has 3 rings (SSSR count). The summed E-state index contributed by atoms with van der Waals surface area (Å²) < 4.78 is 7.17. The number of anilines is 2. The van der Waals surface area contributed by atoms with Crippen LogP contribution in [0.2, 0.25) is 0 Å². The molecule has 3 aromatic rings. The topological polar surface area (TPSA) is 138 Å². The lowest BCUT2D eigenvalue weighted by molar-refractivity contribution is 0.0526. The molecule has 2 aromatic heterocycles. The third kappa shape index (κ3) is 3.98. The Bertz CT molecular complexity index is 1320. The van der Waals surface area contributed by atoms with Crippen molar-refractivity contribution in [1.82, 2.24) is 14.1 Å². The lowest BCUT2D eigenvalue weighted by Gasteiger charge is -2.16. The van der Waals surface area contributed by atoms with Crippen molar-refractivity contribution in [2.75, 3.05) is 17.7 Å². The minimum atomic E-state index is -0.542. The van der Waals surface area contributed by atoms with Crippen LogP contribution in [0.3, 0.4) is 0 Å². The first-order valence-corrected chi connectivity index (χ1v) is 10.2. The monoisotopic (exact) mass is 439 g/mol. The van der Waals surface area contributed by atoms with E-state index in [9.17, 15) is 19.2 Å². The molecule has 0 radical (unpaired) electrons. The van der Waals surface area contributed by atoms with Crippen LogP contribution in [0.1, 0.15) is 46.5 Å². The lowest BCUT2D eigenvalue weighted by Crippen LogP contribution is -2.38. The highest BCUT2D eigenvalue weighted by molar-refractivity contribution is 6.10. The second-order valence-corrected chi connectivity index (χ2v) is 7.26. The molecule has 0 atom stereocenters. The Balaban J connectivity index is 2.10. The average molecular weight is 439 g/mol. The van der Waals surface area contributed by atoms with E-state index in [4.69, 9.17) is 10.5 Å². The summed E-state index contributed by atoms with van der Waals surface area (Å²) in [7, 11) is 2.87. The van der Waals surface area contributed by atoms with Crippen LogP contribution in [0.5, 0.6) is 0 Å². The van der Waals surface area contributed by atoms with E-state index in [0.717, 1.165) is 4.57 Å². The third-order valence-electron chi connectivity index (χ3n) is 5.10. The number of hydrogen-bond donors (Lipinski definition) is 2. The molecular weight excluding hydrogens is 414 g/mol. The number of nitrogens with zero attached hydrogens (tertiary/aromatic N) is 3. The molecule has 10 nitrogen and oxygen atoms in total. The van der Waals surface area contributed by atoms with Crippen LogP contribution < -0.4 is 22.3 Å². The summed E-state index contributed by atoms with van der Waals surface area (Å²) in [5.74, 6) is -1.08. The maximum absolute atomic E-state index is 13.1. The van der Waals surface area contributed by atoms with E-state index in [1.54, 1.807) is 19.1 Å². The van der Waals surface area contributed by atoms with Crippen LogP contribution in [-0.4, -0.2) is 32.6 Å².